The topological polar surface area (TPSA) is 69.8 Å². The average molecular weight is 269 g/mol. The number of halogens is 1. The smallest absolute Gasteiger partial charge is 0.285 e. The molecule has 1 saturated carbocycles. The van der Waals surface area contributed by atoms with Crippen LogP contribution in [0.25, 0.3) is 0 Å². The van der Waals surface area contributed by atoms with Crippen LogP contribution in [0.1, 0.15) is 32.1 Å². The van der Waals surface area contributed by atoms with E-state index in [-0.39, 0.29) is 10.6 Å². The molecule has 0 aromatic carbocycles. The van der Waals surface area contributed by atoms with Crippen LogP contribution in [-0.2, 0) is 0 Å². The summed E-state index contributed by atoms with van der Waals surface area (Å²) in [6.07, 6.45) is 7.55. The van der Waals surface area contributed by atoms with Crippen LogP contribution in [0, 0.1) is 0 Å². The number of nitrogens with zero attached hydrogens (tertiary/aromatic N) is 1. The third kappa shape index (κ3) is 2.12. The molecule has 1 aromatic heterocycles. The average Bonchev–Trinajstić information content (AvgIpc) is 2.34. The zero-order chi connectivity index (χ0) is 12.6. The van der Waals surface area contributed by atoms with Gasteiger partial charge in [-0.1, -0.05) is 11.6 Å². The molecule has 1 spiro atoms. The number of rotatable bonds is 2. The number of hydrogen-bond acceptors (Lipinski definition) is 4. The van der Waals surface area contributed by atoms with Crippen LogP contribution in [0.3, 0.4) is 0 Å². The van der Waals surface area contributed by atoms with Crippen molar-refractivity contribution in [2.24, 2.45) is 0 Å². The van der Waals surface area contributed by atoms with Gasteiger partial charge in [-0.2, -0.15) is 5.10 Å². The van der Waals surface area contributed by atoms with Crippen molar-refractivity contribution in [3.63, 3.8) is 0 Å². The van der Waals surface area contributed by atoms with E-state index in [1.807, 2.05) is 0 Å². The SMILES string of the molecule is O=c1[nH]ncc(NC2CCNC3(CCC3)C2)c1Cl. The Hall–Kier alpha value is -1.07. The first kappa shape index (κ1) is 12.0. The fourth-order valence-corrected chi connectivity index (χ4v) is 3.11. The van der Waals surface area contributed by atoms with Gasteiger partial charge in [0, 0.05) is 11.6 Å². The Labute approximate surface area is 110 Å². The summed E-state index contributed by atoms with van der Waals surface area (Å²) in [6.45, 7) is 1.02. The van der Waals surface area contributed by atoms with Crippen molar-refractivity contribution >= 4 is 17.3 Å². The molecule has 5 nitrogen and oxygen atoms in total. The highest BCUT2D eigenvalue weighted by Crippen LogP contribution is 2.39. The molecule has 1 aromatic rings. The minimum Gasteiger partial charge on any atom is -0.380 e. The van der Waals surface area contributed by atoms with Crippen molar-refractivity contribution in [2.75, 3.05) is 11.9 Å². The molecule has 0 bridgehead atoms. The second kappa shape index (κ2) is 4.55. The van der Waals surface area contributed by atoms with Crippen LogP contribution < -0.4 is 16.2 Å². The first-order valence-electron chi connectivity index (χ1n) is 6.43. The van der Waals surface area contributed by atoms with Crippen molar-refractivity contribution in [1.29, 1.82) is 0 Å². The predicted molar refractivity (Wildman–Crippen MR) is 71.1 cm³/mol. The van der Waals surface area contributed by atoms with Crippen LogP contribution in [0.4, 0.5) is 5.69 Å². The number of anilines is 1. The van der Waals surface area contributed by atoms with Gasteiger partial charge < -0.3 is 10.6 Å². The van der Waals surface area contributed by atoms with Crippen LogP contribution in [0.5, 0.6) is 0 Å². The quantitative estimate of drug-likeness (QED) is 0.760. The van der Waals surface area contributed by atoms with Gasteiger partial charge in [-0.05, 0) is 38.6 Å². The Balaban J connectivity index is 1.72. The van der Waals surface area contributed by atoms with Gasteiger partial charge in [0.2, 0.25) is 0 Å². The van der Waals surface area contributed by atoms with Gasteiger partial charge in [0.1, 0.15) is 5.02 Å². The zero-order valence-electron chi connectivity index (χ0n) is 10.1. The van der Waals surface area contributed by atoms with E-state index in [9.17, 15) is 4.79 Å². The van der Waals surface area contributed by atoms with E-state index in [0.29, 0.717) is 17.3 Å². The van der Waals surface area contributed by atoms with Gasteiger partial charge in [-0.3, -0.25) is 4.79 Å². The fraction of sp³-hybridized carbons (Fsp3) is 0.667. The van der Waals surface area contributed by atoms with E-state index in [4.69, 9.17) is 11.6 Å². The molecule has 1 aliphatic carbocycles. The molecule has 18 heavy (non-hydrogen) atoms. The Kier molecular flexibility index (Phi) is 3.03. The molecule has 2 aliphatic rings. The highest BCUT2D eigenvalue weighted by molar-refractivity contribution is 6.32. The number of piperidine rings is 1. The molecule has 3 rings (SSSR count). The zero-order valence-corrected chi connectivity index (χ0v) is 10.9. The molecule has 1 aliphatic heterocycles. The summed E-state index contributed by atoms with van der Waals surface area (Å²) >= 11 is 5.97. The summed E-state index contributed by atoms with van der Waals surface area (Å²) < 4.78 is 0. The van der Waals surface area contributed by atoms with Crippen molar-refractivity contribution in [2.45, 2.75) is 43.7 Å². The summed E-state index contributed by atoms with van der Waals surface area (Å²) in [5.74, 6) is 0. The second-order valence-corrected chi connectivity index (χ2v) is 5.70. The molecule has 1 saturated heterocycles. The lowest BCUT2D eigenvalue weighted by molar-refractivity contribution is 0.135. The molecule has 0 radical (unpaired) electrons. The van der Waals surface area contributed by atoms with Gasteiger partial charge in [0.05, 0.1) is 11.9 Å². The molecule has 2 fully saturated rings. The minimum atomic E-state index is -0.339. The number of aromatic nitrogens is 2. The van der Waals surface area contributed by atoms with Crippen LogP contribution in [-0.4, -0.2) is 28.3 Å². The van der Waals surface area contributed by atoms with Crippen LogP contribution in [0.15, 0.2) is 11.0 Å². The molecule has 2 heterocycles. The van der Waals surface area contributed by atoms with Gasteiger partial charge in [-0.15, -0.1) is 0 Å². The first-order valence-corrected chi connectivity index (χ1v) is 6.81. The van der Waals surface area contributed by atoms with Crippen molar-refractivity contribution in [1.82, 2.24) is 15.5 Å². The Morgan fingerprint density at radius 1 is 1.50 bits per heavy atom. The first-order chi connectivity index (χ1) is 8.69. The lowest BCUT2D eigenvalue weighted by Crippen LogP contribution is -2.58. The summed E-state index contributed by atoms with van der Waals surface area (Å²) in [6, 6.07) is 0.368. The third-order valence-electron chi connectivity index (χ3n) is 4.10. The normalized spacial score (nSPS) is 25.7. The van der Waals surface area contributed by atoms with Crippen molar-refractivity contribution in [3.8, 4) is 0 Å². The Morgan fingerprint density at radius 3 is 3.06 bits per heavy atom. The largest absolute Gasteiger partial charge is 0.380 e. The predicted octanol–water partition coefficient (Wildman–Crippen LogP) is 1.51. The maximum atomic E-state index is 11.4. The molecule has 0 amide bonds. The van der Waals surface area contributed by atoms with Gasteiger partial charge in [-0.25, -0.2) is 5.10 Å². The molecule has 3 N–H and O–H groups in total. The molecular weight excluding hydrogens is 252 g/mol. The number of nitrogens with one attached hydrogen (secondary N) is 3. The van der Waals surface area contributed by atoms with E-state index < -0.39 is 0 Å². The Morgan fingerprint density at radius 2 is 2.33 bits per heavy atom. The van der Waals surface area contributed by atoms with Crippen LogP contribution >= 0.6 is 11.6 Å². The highest BCUT2D eigenvalue weighted by Gasteiger charge is 2.40. The Bertz CT molecular complexity index is 497. The van der Waals surface area contributed by atoms with E-state index >= 15 is 0 Å². The number of hydrogen-bond donors (Lipinski definition) is 3. The van der Waals surface area contributed by atoms with Crippen molar-refractivity contribution in [3.05, 3.63) is 21.6 Å². The van der Waals surface area contributed by atoms with Crippen LogP contribution in [0.2, 0.25) is 5.02 Å². The molecule has 1 unspecified atom stereocenters. The molecule has 6 heteroatoms. The number of aromatic amines is 1. The van der Waals surface area contributed by atoms with Gasteiger partial charge >= 0.3 is 0 Å². The van der Waals surface area contributed by atoms with Gasteiger partial charge in [0.15, 0.2) is 0 Å². The second-order valence-electron chi connectivity index (χ2n) is 5.32. The summed E-state index contributed by atoms with van der Waals surface area (Å²) in [5, 5.41) is 13.3. The summed E-state index contributed by atoms with van der Waals surface area (Å²) in [4.78, 5) is 11.4. The minimum absolute atomic E-state index is 0.200. The van der Waals surface area contributed by atoms with E-state index in [0.717, 1.165) is 19.4 Å². The van der Waals surface area contributed by atoms with Crippen molar-refractivity contribution < 1.29 is 0 Å². The van der Waals surface area contributed by atoms with E-state index in [1.54, 1.807) is 6.20 Å². The maximum absolute atomic E-state index is 11.4. The monoisotopic (exact) mass is 268 g/mol. The maximum Gasteiger partial charge on any atom is 0.285 e. The molecular formula is C12H17ClN4O. The third-order valence-corrected chi connectivity index (χ3v) is 4.47. The fourth-order valence-electron chi connectivity index (χ4n) is 2.97. The van der Waals surface area contributed by atoms with E-state index in [2.05, 4.69) is 20.8 Å². The molecule has 1 atom stereocenters. The lowest BCUT2D eigenvalue weighted by atomic mass is 9.70. The molecule has 98 valence electrons. The van der Waals surface area contributed by atoms with Gasteiger partial charge in [0.25, 0.3) is 5.56 Å². The summed E-state index contributed by atoms with van der Waals surface area (Å²) in [7, 11) is 0. The van der Waals surface area contributed by atoms with E-state index in [1.165, 1.54) is 19.3 Å². The standard InChI is InChI=1S/C12H17ClN4O/c13-10-9(7-15-17-11(10)18)16-8-2-5-14-12(6-8)3-1-4-12/h7-8,14H,1-6H2,(H2,16,17,18). The lowest BCUT2D eigenvalue weighted by Gasteiger charge is -2.48. The number of H-pyrrole nitrogens is 1. The summed E-state index contributed by atoms with van der Waals surface area (Å²) in [5.41, 5.74) is 0.632. The highest BCUT2D eigenvalue weighted by atomic mass is 35.5.